The average molecular weight is 355 g/mol. The Bertz CT molecular complexity index is 848. The van der Waals surface area contributed by atoms with Crippen molar-refractivity contribution in [1.82, 2.24) is 0 Å². The van der Waals surface area contributed by atoms with Gasteiger partial charge in [-0.3, -0.25) is 5.43 Å². The van der Waals surface area contributed by atoms with Crippen molar-refractivity contribution in [3.8, 4) is 5.75 Å². The molecule has 0 spiro atoms. The molecular formula is C20H16ClFN2O. The van der Waals surface area contributed by atoms with Crippen LogP contribution in [-0.2, 0) is 6.61 Å². The van der Waals surface area contributed by atoms with Crippen LogP contribution in [0.2, 0.25) is 5.02 Å². The van der Waals surface area contributed by atoms with E-state index in [0.29, 0.717) is 11.6 Å². The van der Waals surface area contributed by atoms with Gasteiger partial charge < -0.3 is 4.74 Å². The predicted octanol–water partition coefficient (Wildman–Crippen LogP) is 5.50. The predicted molar refractivity (Wildman–Crippen MR) is 99.8 cm³/mol. The number of nitrogens with one attached hydrogen (secondary N) is 1. The first-order valence-electron chi connectivity index (χ1n) is 7.71. The third kappa shape index (κ3) is 5.33. The summed E-state index contributed by atoms with van der Waals surface area (Å²) in [6.45, 7) is 0.393. The molecule has 0 saturated carbocycles. The monoisotopic (exact) mass is 354 g/mol. The van der Waals surface area contributed by atoms with Gasteiger partial charge in [-0.05, 0) is 65.7 Å². The quantitative estimate of drug-likeness (QED) is 0.468. The van der Waals surface area contributed by atoms with E-state index in [2.05, 4.69) is 10.5 Å². The van der Waals surface area contributed by atoms with Gasteiger partial charge in [-0.25, -0.2) is 4.39 Å². The lowest BCUT2D eigenvalue weighted by Gasteiger charge is -2.06. The Labute approximate surface area is 150 Å². The normalized spacial score (nSPS) is 10.8. The fourth-order valence-electron chi connectivity index (χ4n) is 2.14. The van der Waals surface area contributed by atoms with E-state index in [4.69, 9.17) is 16.3 Å². The number of anilines is 1. The highest BCUT2D eigenvalue weighted by Gasteiger charge is 1.97. The fraction of sp³-hybridized carbons (Fsp3) is 0.0500. The molecule has 0 atom stereocenters. The molecule has 5 heteroatoms. The summed E-state index contributed by atoms with van der Waals surface area (Å²) in [4.78, 5) is 0. The maximum atomic E-state index is 12.9. The summed E-state index contributed by atoms with van der Waals surface area (Å²) in [5.41, 5.74) is 5.59. The molecule has 0 heterocycles. The van der Waals surface area contributed by atoms with Crippen molar-refractivity contribution in [2.24, 2.45) is 5.10 Å². The Morgan fingerprint density at radius 3 is 2.48 bits per heavy atom. The first-order valence-corrected chi connectivity index (χ1v) is 8.09. The number of rotatable bonds is 6. The molecule has 126 valence electrons. The lowest BCUT2D eigenvalue weighted by molar-refractivity contribution is 0.306. The smallest absolute Gasteiger partial charge is 0.123 e. The van der Waals surface area contributed by atoms with Crippen molar-refractivity contribution in [1.29, 1.82) is 0 Å². The van der Waals surface area contributed by atoms with Crippen molar-refractivity contribution in [3.05, 3.63) is 94.8 Å². The topological polar surface area (TPSA) is 33.6 Å². The molecule has 3 aromatic carbocycles. The van der Waals surface area contributed by atoms with Crippen molar-refractivity contribution in [2.45, 2.75) is 6.61 Å². The second-order valence-electron chi connectivity index (χ2n) is 5.36. The van der Waals surface area contributed by atoms with E-state index in [-0.39, 0.29) is 5.82 Å². The van der Waals surface area contributed by atoms with Gasteiger partial charge in [-0.15, -0.1) is 0 Å². The Hall–Kier alpha value is -2.85. The number of benzene rings is 3. The summed E-state index contributed by atoms with van der Waals surface area (Å²) >= 11 is 5.92. The molecule has 0 aliphatic rings. The minimum atomic E-state index is -0.251. The minimum absolute atomic E-state index is 0.251. The summed E-state index contributed by atoms with van der Waals surface area (Å²) in [5, 5.41) is 4.83. The maximum Gasteiger partial charge on any atom is 0.123 e. The van der Waals surface area contributed by atoms with Crippen molar-refractivity contribution >= 4 is 23.5 Å². The third-order valence-corrected chi connectivity index (χ3v) is 3.67. The van der Waals surface area contributed by atoms with Crippen LogP contribution in [0.5, 0.6) is 5.75 Å². The molecule has 3 nitrogen and oxygen atoms in total. The highest BCUT2D eigenvalue weighted by Crippen LogP contribution is 2.16. The minimum Gasteiger partial charge on any atom is -0.489 e. The summed E-state index contributed by atoms with van der Waals surface area (Å²) in [5.74, 6) is 0.489. The molecule has 25 heavy (non-hydrogen) atoms. The highest BCUT2D eigenvalue weighted by molar-refractivity contribution is 6.30. The molecule has 0 amide bonds. The standard InChI is InChI=1S/C20H16ClFN2O/c21-17-2-1-3-19(12-17)24-23-13-15-6-10-20(11-7-15)25-14-16-4-8-18(22)9-5-16/h1-13,24H,14H2. The van der Waals surface area contributed by atoms with E-state index in [1.54, 1.807) is 30.5 Å². The van der Waals surface area contributed by atoms with Crippen molar-refractivity contribution in [3.63, 3.8) is 0 Å². The van der Waals surface area contributed by atoms with Crippen LogP contribution in [0.3, 0.4) is 0 Å². The van der Waals surface area contributed by atoms with Crippen LogP contribution in [-0.4, -0.2) is 6.21 Å². The van der Waals surface area contributed by atoms with Crippen LogP contribution in [0, 0.1) is 5.82 Å². The van der Waals surface area contributed by atoms with Gasteiger partial charge >= 0.3 is 0 Å². The van der Waals surface area contributed by atoms with Crippen LogP contribution in [0.15, 0.2) is 77.9 Å². The molecule has 0 aromatic heterocycles. The number of nitrogens with zero attached hydrogens (tertiary/aromatic N) is 1. The molecule has 1 N–H and O–H groups in total. The van der Waals surface area contributed by atoms with E-state index in [1.165, 1.54) is 12.1 Å². The molecule has 0 aliphatic heterocycles. The summed E-state index contributed by atoms with van der Waals surface area (Å²) in [7, 11) is 0. The summed E-state index contributed by atoms with van der Waals surface area (Å²) < 4.78 is 18.5. The Morgan fingerprint density at radius 1 is 1.00 bits per heavy atom. The molecule has 0 bridgehead atoms. The zero-order valence-electron chi connectivity index (χ0n) is 13.3. The molecule has 3 rings (SSSR count). The third-order valence-electron chi connectivity index (χ3n) is 3.43. The van der Waals surface area contributed by atoms with E-state index < -0.39 is 0 Å². The molecular weight excluding hydrogens is 339 g/mol. The molecule has 0 unspecified atom stereocenters. The molecule has 0 saturated heterocycles. The van der Waals surface area contributed by atoms with Gasteiger partial charge in [-0.1, -0.05) is 29.8 Å². The highest BCUT2D eigenvalue weighted by atomic mass is 35.5. The lowest BCUT2D eigenvalue weighted by Crippen LogP contribution is -1.96. The van der Waals surface area contributed by atoms with Gasteiger partial charge in [-0.2, -0.15) is 5.10 Å². The van der Waals surface area contributed by atoms with Crippen LogP contribution >= 0.6 is 11.6 Å². The second kappa shape index (κ2) is 8.31. The molecule has 0 fully saturated rings. The maximum absolute atomic E-state index is 12.9. The van der Waals surface area contributed by atoms with Gasteiger partial charge in [0.05, 0.1) is 11.9 Å². The zero-order valence-corrected chi connectivity index (χ0v) is 14.1. The number of hydrazone groups is 1. The van der Waals surface area contributed by atoms with Gasteiger partial charge in [0.15, 0.2) is 0 Å². The van der Waals surface area contributed by atoms with E-state index in [1.807, 2.05) is 36.4 Å². The molecule has 0 aliphatic carbocycles. The summed E-state index contributed by atoms with van der Waals surface area (Å²) in [6.07, 6.45) is 1.71. The number of ether oxygens (including phenoxy) is 1. The lowest BCUT2D eigenvalue weighted by atomic mass is 10.2. The van der Waals surface area contributed by atoms with Crippen LogP contribution < -0.4 is 10.2 Å². The van der Waals surface area contributed by atoms with Gasteiger partial charge in [0.2, 0.25) is 0 Å². The van der Waals surface area contributed by atoms with Gasteiger partial charge in [0, 0.05) is 5.02 Å². The first-order chi connectivity index (χ1) is 12.2. The summed E-state index contributed by atoms with van der Waals surface area (Å²) in [6, 6.07) is 21.1. The number of halogens is 2. The van der Waals surface area contributed by atoms with Gasteiger partial charge in [0.1, 0.15) is 18.2 Å². The second-order valence-corrected chi connectivity index (χ2v) is 5.80. The van der Waals surface area contributed by atoms with Crippen LogP contribution in [0.25, 0.3) is 0 Å². The van der Waals surface area contributed by atoms with Crippen molar-refractivity contribution in [2.75, 3.05) is 5.43 Å². The molecule has 0 radical (unpaired) electrons. The number of hydrogen-bond donors (Lipinski definition) is 1. The van der Waals surface area contributed by atoms with Gasteiger partial charge in [0.25, 0.3) is 0 Å². The van der Waals surface area contributed by atoms with Crippen LogP contribution in [0.4, 0.5) is 10.1 Å². The largest absolute Gasteiger partial charge is 0.489 e. The fourth-order valence-corrected chi connectivity index (χ4v) is 2.33. The van der Waals surface area contributed by atoms with Crippen molar-refractivity contribution < 1.29 is 9.13 Å². The van der Waals surface area contributed by atoms with Crippen LogP contribution in [0.1, 0.15) is 11.1 Å². The van der Waals surface area contributed by atoms with E-state index >= 15 is 0 Å². The van der Waals surface area contributed by atoms with E-state index in [9.17, 15) is 4.39 Å². The zero-order chi connectivity index (χ0) is 17.5. The average Bonchev–Trinajstić information content (AvgIpc) is 2.62. The van der Waals surface area contributed by atoms with E-state index in [0.717, 1.165) is 22.6 Å². The Balaban J connectivity index is 1.53. The Morgan fingerprint density at radius 2 is 1.76 bits per heavy atom. The number of hydrogen-bond acceptors (Lipinski definition) is 3. The Kier molecular flexibility index (Phi) is 5.65. The first kappa shape index (κ1) is 17.0. The SMILES string of the molecule is Fc1ccc(COc2ccc(C=NNc3cccc(Cl)c3)cc2)cc1. The molecule has 3 aromatic rings.